The number of carbonyl (C=O) groups is 1. The van der Waals surface area contributed by atoms with Gasteiger partial charge in [-0.1, -0.05) is 34.6 Å². The predicted octanol–water partition coefficient (Wildman–Crippen LogP) is 4.18. The first-order valence-corrected chi connectivity index (χ1v) is 6.30. The van der Waals surface area contributed by atoms with Gasteiger partial charge in [0.25, 0.3) is 0 Å². The highest BCUT2D eigenvalue weighted by Gasteiger charge is 2.27. The standard InChI is InChI=1S/C14H28O2/c1-8-14(6,7)16-12(15)10-13(4,5)9-11(2)3/h11H,8-10H2,1-7H3. The Morgan fingerprint density at radius 3 is 2.06 bits per heavy atom. The largest absolute Gasteiger partial charge is 0.460 e. The molecule has 0 heterocycles. The van der Waals surface area contributed by atoms with Crippen molar-refractivity contribution < 1.29 is 9.53 Å². The molecule has 0 aromatic rings. The van der Waals surface area contributed by atoms with Gasteiger partial charge in [0.2, 0.25) is 0 Å². The molecule has 0 N–H and O–H groups in total. The zero-order chi connectivity index (χ0) is 13.0. The molecule has 0 fully saturated rings. The third kappa shape index (κ3) is 6.86. The minimum atomic E-state index is -0.328. The van der Waals surface area contributed by atoms with Crippen LogP contribution >= 0.6 is 0 Å². The number of esters is 1. The summed E-state index contributed by atoms with van der Waals surface area (Å²) in [6.07, 6.45) is 2.41. The van der Waals surface area contributed by atoms with Crippen LogP contribution in [-0.4, -0.2) is 11.6 Å². The van der Waals surface area contributed by atoms with Gasteiger partial charge in [-0.2, -0.15) is 0 Å². The first-order chi connectivity index (χ1) is 7.08. The Balaban J connectivity index is 4.24. The monoisotopic (exact) mass is 228 g/mol. The molecule has 0 amide bonds. The lowest BCUT2D eigenvalue weighted by Gasteiger charge is -2.29. The molecule has 0 radical (unpaired) electrons. The lowest BCUT2D eigenvalue weighted by atomic mass is 9.81. The van der Waals surface area contributed by atoms with E-state index in [9.17, 15) is 4.79 Å². The van der Waals surface area contributed by atoms with Crippen LogP contribution in [-0.2, 0) is 9.53 Å². The van der Waals surface area contributed by atoms with Crippen LogP contribution in [0, 0.1) is 11.3 Å². The molecule has 0 bridgehead atoms. The summed E-state index contributed by atoms with van der Waals surface area (Å²) in [6.45, 7) is 14.6. The van der Waals surface area contributed by atoms with Gasteiger partial charge in [-0.15, -0.1) is 0 Å². The maximum atomic E-state index is 11.8. The number of hydrogen-bond acceptors (Lipinski definition) is 2. The normalized spacial score (nSPS) is 13.0. The topological polar surface area (TPSA) is 26.3 Å². The van der Waals surface area contributed by atoms with Crippen molar-refractivity contribution in [2.24, 2.45) is 11.3 Å². The molecular formula is C14H28O2. The zero-order valence-electron chi connectivity index (χ0n) is 12.0. The first-order valence-electron chi connectivity index (χ1n) is 6.30. The minimum Gasteiger partial charge on any atom is -0.460 e. The lowest BCUT2D eigenvalue weighted by molar-refractivity contribution is -0.159. The third-order valence-electron chi connectivity index (χ3n) is 2.83. The van der Waals surface area contributed by atoms with Crippen LogP contribution in [0.15, 0.2) is 0 Å². The van der Waals surface area contributed by atoms with Crippen LogP contribution in [0.5, 0.6) is 0 Å². The van der Waals surface area contributed by atoms with Gasteiger partial charge in [0.1, 0.15) is 5.60 Å². The predicted molar refractivity (Wildman–Crippen MR) is 68.3 cm³/mol. The van der Waals surface area contributed by atoms with Gasteiger partial charge in [0, 0.05) is 0 Å². The molecule has 0 unspecified atom stereocenters. The van der Waals surface area contributed by atoms with Crippen LogP contribution in [0.2, 0.25) is 0 Å². The quantitative estimate of drug-likeness (QED) is 0.637. The summed E-state index contributed by atoms with van der Waals surface area (Å²) < 4.78 is 5.47. The maximum Gasteiger partial charge on any atom is 0.306 e. The molecule has 0 aliphatic heterocycles. The van der Waals surface area contributed by atoms with Crippen molar-refractivity contribution in [1.29, 1.82) is 0 Å². The summed E-state index contributed by atoms with van der Waals surface area (Å²) in [4.78, 5) is 11.8. The van der Waals surface area contributed by atoms with E-state index in [0.29, 0.717) is 12.3 Å². The molecule has 2 heteroatoms. The fourth-order valence-corrected chi connectivity index (χ4v) is 1.98. The Morgan fingerprint density at radius 2 is 1.69 bits per heavy atom. The lowest BCUT2D eigenvalue weighted by Crippen LogP contribution is -2.30. The van der Waals surface area contributed by atoms with Crippen molar-refractivity contribution in [2.45, 2.75) is 73.3 Å². The second-order valence-electron chi connectivity index (χ2n) is 6.53. The Morgan fingerprint density at radius 1 is 1.19 bits per heavy atom. The minimum absolute atomic E-state index is 0.0368. The molecule has 0 saturated heterocycles. The van der Waals surface area contributed by atoms with Gasteiger partial charge in [-0.25, -0.2) is 0 Å². The van der Waals surface area contributed by atoms with Gasteiger partial charge >= 0.3 is 5.97 Å². The summed E-state index contributed by atoms with van der Waals surface area (Å²) in [5.74, 6) is 0.541. The molecule has 0 aliphatic rings. The van der Waals surface area contributed by atoms with Gasteiger partial charge < -0.3 is 4.74 Å². The number of rotatable bonds is 6. The van der Waals surface area contributed by atoms with Crippen LogP contribution in [0.25, 0.3) is 0 Å². The molecule has 0 atom stereocenters. The molecule has 0 saturated carbocycles. The van der Waals surface area contributed by atoms with Crippen molar-refractivity contribution >= 4 is 5.97 Å². The summed E-state index contributed by atoms with van der Waals surface area (Å²) >= 11 is 0. The summed E-state index contributed by atoms with van der Waals surface area (Å²) in [6, 6.07) is 0. The maximum absolute atomic E-state index is 11.8. The smallest absolute Gasteiger partial charge is 0.306 e. The Kier molecular flexibility index (Phi) is 5.51. The highest BCUT2D eigenvalue weighted by Crippen LogP contribution is 2.30. The van der Waals surface area contributed by atoms with Crippen molar-refractivity contribution in [1.82, 2.24) is 0 Å². The molecule has 0 spiro atoms. The van der Waals surface area contributed by atoms with Crippen molar-refractivity contribution in [3.05, 3.63) is 0 Å². The average molecular weight is 228 g/mol. The highest BCUT2D eigenvalue weighted by atomic mass is 16.6. The zero-order valence-corrected chi connectivity index (χ0v) is 12.0. The fraction of sp³-hybridized carbons (Fsp3) is 0.929. The van der Waals surface area contributed by atoms with E-state index in [-0.39, 0.29) is 17.0 Å². The van der Waals surface area contributed by atoms with Gasteiger partial charge in [-0.05, 0) is 38.0 Å². The SMILES string of the molecule is CCC(C)(C)OC(=O)CC(C)(C)CC(C)C. The Bertz CT molecular complexity index is 227. The van der Waals surface area contributed by atoms with Crippen LogP contribution in [0.3, 0.4) is 0 Å². The fourth-order valence-electron chi connectivity index (χ4n) is 1.98. The molecule has 0 rings (SSSR count). The van der Waals surface area contributed by atoms with E-state index >= 15 is 0 Å². The van der Waals surface area contributed by atoms with E-state index in [1.807, 2.05) is 20.8 Å². The van der Waals surface area contributed by atoms with E-state index in [1.54, 1.807) is 0 Å². The Hall–Kier alpha value is -0.530. The molecule has 96 valence electrons. The third-order valence-corrected chi connectivity index (χ3v) is 2.83. The molecule has 0 aliphatic carbocycles. The number of carbonyl (C=O) groups excluding carboxylic acids is 1. The van der Waals surface area contributed by atoms with Gasteiger partial charge in [0.15, 0.2) is 0 Å². The summed E-state index contributed by atoms with van der Waals surface area (Å²) in [5, 5.41) is 0. The average Bonchev–Trinajstić information content (AvgIpc) is 1.98. The number of hydrogen-bond donors (Lipinski definition) is 0. The molecule has 0 aromatic carbocycles. The summed E-state index contributed by atoms with van der Waals surface area (Å²) in [7, 11) is 0. The summed E-state index contributed by atoms with van der Waals surface area (Å²) in [5.41, 5.74) is -0.292. The Labute approximate surface area is 101 Å². The van der Waals surface area contributed by atoms with Crippen molar-refractivity contribution in [2.75, 3.05) is 0 Å². The molecule has 2 nitrogen and oxygen atoms in total. The van der Waals surface area contributed by atoms with E-state index in [0.717, 1.165) is 12.8 Å². The second-order valence-corrected chi connectivity index (χ2v) is 6.53. The number of ether oxygens (including phenoxy) is 1. The van der Waals surface area contributed by atoms with E-state index in [2.05, 4.69) is 27.7 Å². The highest BCUT2D eigenvalue weighted by molar-refractivity contribution is 5.70. The van der Waals surface area contributed by atoms with Gasteiger partial charge in [-0.3, -0.25) is 4.79 Å². The van der Waals surface area contributed by atoms with Crippen LogP contribution < -0.4 is 0 Å². The van der Waals surface area contributed by atoms with E-state index in [4.69, 9.17) is 4.74 Å². The van der Waals surface area contributed by atoms with E-state index in [1.165, 1.54) is 0 Å². The van der Waals surface area contributed by atoms with Crippen molar-refractivity contribution in [3.8, 4) is 0 Å². The second kappa shape index (κ2) is 5.70. The van der Waals surface area contributed by atoms with Gasteiger partial charge in [0.05, 0.1) is 6.42 Å². The molecule has 16 heavy (non-hydrogen) atoms. The van der Waals surface area contributed by atoms with Crippen molar-refractivity contribution in [3.63, 3.8) is 0 Å². The molecular weight excluding hydrogens is 200 g/mol. The van der Waals surface area contributed by atoms with Crippen LogP contribution in [0.1, 0.15) is 67.7 Å². The first kappa shape index (κ1) is 15.5. The molecule has 0 aromatic heterocycles. The van der Waals surface area contributed by atoms with E-state index < -0.39 is 0 Å². The van der Waals surface area contributed by atoms with Crippen LogP contribution in [0.4, 0.5) is 0 Å².